The standard InChI is InChI=1S/C13H18N2O3S/c1-3-18-11(2)10-15-19(16,17)13-6-4-12(5-7-13)8-9-14/h4-7,11,15H,3,8,10H2,1-2H3. The summed E-state index contributed by atoms with van der Waals surface area (Å²) in [6.45, 7) is 4.45. The Hall–Kier alpha value is -1.42. The molecule has 0 bridgehead atoms. The molecule has 5 nitrogen and oxygen atoms in total. The summed E-state index contributed by atoms with van der Waals surface area (Å²) in [7, 11) is -3.52. The van der Waals surface area contributed by atoms with Gasteiger partial charge in [0.15, 0.2) is 0 Å². The minimum absolute atomic E-state index is 0.169. The summed E-state index contributed by atoms with van der Waals surface area (Å²) >= 11 is 0. The summed E-state index contributed by atoms with van der Waals surface area (Å²) in [5.74, 6) is 0. The lowest BCUT2D eigenvalue weighted by Crippen LogP contribution is -2.32. The fourth-order valence-corrected chi connectivity index (χ4v) is 2.65. The van der Waals surface area contributed by atoms with Crippen LogP contribution in [0.5, 0.6) is 0 Å². The van der Waals surface area contributed by atoms with Gasteiger partial charge >= 0.3 is 0 Å². The number of benzene rings is 1. The second kappa shape index (κ2) is 7.24. The van der Waals surface area contributed by atoms with Crippen LogP contribution >= 0.6 is 0 Å². The van der Waals surface area contributed by atoms with Gasteiger partial charge in [0.25, 0.3) is 0 Å². The molecule has 0 fully saturated rings. The Balaban J connectivity index is 2.69. The van der Waals surface area contributed by atoms with Crippen molar-refractivity contribution in [1.82, 2.24) is 4.72 Å². The smallest absolute Gasteiger partial charge is 0.240 e. The highest BCUT2D eigenvalue weighted by Crippen LogP contribution is 2.11. The maximum atomic E-state index is 12.0. The first-order valence-corrected chi connectivity index (χ1v) is 7.55. The number of hydrogen-bond donors (Lipinski definition) is 1. The topological polar surface area (TPSA) is 79.2 Å². The molecule has 0 aliphatic rings. The molecule has 0 saturated heterocycles. The molecular weight excluding hydrogens is 264 g/mol. The first-order valence-electron chi connectivity index (χ1n) is 6.06. The summed E-state index contributed by atoms with van der Waals surface area (Å²) in [6.07, 6.45) is 0.104. The van der Waals surface area contributed by atoms with E-state index in [-0.39, 0.29) is 24.0 Å². The second-order valence-corrected chi connectivity index (χ2v) is 5.86. The predicted molar refractivity (Wildman–Crippen MR) is 72.0 cm³/mol. The molecule has 1 aromatic carbocycles. The highest BCUT2D eigenvalue weighted by molar-refractivity contribution is 7.89. The molecule has 0 spiro atoms. The molecule has 0 aliphatic carbocycles. The van der Waals surface area contributed by atoms with Crippen LogP contribution in [0.3, 0.4) is 0 Å². The lowest BCUT2D eigenvalue weighted by Gasteiger charge is -2.13. The molecule has 0 aliphatic heterocycles. The van der Waals surface area contributed by atoms with E-state index in [4.69, 9.17) is 10.00 Å². The number of nitrogens with one attached hydrogen (secondary N) is 1. The van der Waals surface area contributed by atoms with E-state index in [0.717, 1.165) is 5.56 Å². The van der Waals surface area contributed by atoms with Crippen LogP contribution in [0, 0.1) is 11.3 Å². The minimum atomic E-state index is -3.52. The van der Waals surface area contributed by atoms with Gasteiger partial charge in [0, 0.05) is 13.2 Å². The number of sulfonamides is 1. The van der Waals surface area contributed by atoms with Gasteiger partial charge in [-0.3, -0.25) is 0 Å². The molecule has 0 amide bonds. The third kappa shape index (κ3) is 4.99. The van der Waals surface area contributed by atoms with Crippen LogP contribution in [0.25, 0.3) is 0 Å². The number of ether oxygens (including phenoxy) is 1. The summed E-state index contributed by atoms with van der Waals surface area (Å²) in [6, 6.07) is 8.30. The van der Waals surface area contributed by atoms with Crippen LogP contribution in [0.2, 0.25) is 0 Å². The molecule has 0 heterocycles. The van der Waals surface area contributed by atoms with E-state index in [0.29, 0.717) is 6.61 Å². The van der Waals surface area contributed by atoms with Crippen molar-refractivity contribution in [2.45, 2.75) is 31.3 Å². The van der Waals surface area contributed by atoms with Crippen molar-refractivity contribution < 1.29 is 13.2 Å². The van der Waals surface area contributed by atoms with Crippen molar-refractivity contribution >= 4 is 10.0 Å². The fourth-order valence-electron chi connectivity index (χ4n) is 1.53. The van der Waals surface area contributed by atoms with Crippen molar-refractivity contribution in [1.29, 1.82) is 5.26 Å². The van der Waals surface area contributed by atoms with E-state index in [9.17, 15) is 8.42 Å². The van der Waals surface area contributed by atoms with E-state index >= 15 is 0 Å². The van der Waals surface area contributed by atoms with Gasteiger partial charge in [-0.25, -0.2) is 13.1 Å². The Morgan fingerprint density at radius 1 is 1.37 bits per heavy atom. The molecule has 0 saturated carbocycles. The molecule has 0 radical (unpaired) electrons. The molecule has 1 N–H and O–H groups in total. The van der Waals surface area contributed by atoms with Gasteiger partial charge in [0.05, 0.1) is 23.5 Å². The zero-order chi connectivity index (χ0) is 14.3. The Morgan fingerprint density at radius 2 is 2.00 bits per heavy atom. The summed E-state index contributed by atoms with van der Waals surface area (Å²) in [5.41, 5.74) is 0.795. The van der Waals surface area contributed by atoms with Gasteiger partial charge in [-0.1, -0.05) is 12.1 Å². The lowest BCUT2D eigenvalue weighted by atomic mass is 10.2. The SMILES string of the molecule is CCOC(C)CNS(=O)(=O)c1ccc(CC#N)cc1. The van der Waals surface area contributed by atoms with Crippen LogP contribution in [-0.4, -0.2) is 27.7 Å². The van der Waals surface area contributed by atoms with Crippen molar-refractivity contribution in [3.8, 4) is 6.07 Å². The second-order valence-electron chi connectivity index (χ2n) is 4.10. The molecule has 0 aromatic heterocycles. The lowest BCUT2D eigenvalue weighted by molar-refractivity contribution is 0.0799. The van der Waals surface area contributed by atoms with Crippen LogP contribution < -0.4 is 4.72 Å². The largest absolute Gasteiger partial charge is 0.377 e. The maximum Gasteiger partial charge on any atom is 0.240 e. The molecule has 1 atom stereocenters. The minimum Gasteiger partial charge on any atom is -0.377 e. The first kappa shape index (κ1) is 15.6. The first-order chi connectivity index (χ1) is 8.99. The van der Waals surface area contributed by atoms with Gasteiger partial charge in [-0.2, -0.15) is 5.26 Å². The highest BCUT2D eigenvalue weighted by Gasteiger charge is 2.14. The Bertz CT molecular complexity index is 532. The van der Waals surface area contributed by atoms with Crippen LogP contribution in [0.1, 0.15) is 19.4 Å². The van der Waals surface area contributed by atoms with E-state index in [1.807, 2.05) is 19.9 Å². The van der Waals surface area contributed by atoms with E-state index < -0.39 is 10.0 Å². The monoisotopic (exact) mass is 282 g/mol. The number of nitrogens with zero attached hydrogens (tertiary/aromatic N) is 1. The van der Waals surface area contributed by atoms with Gasteiger partial charge in [-0.05, 0) is 31.5 Å². The van der Waals surface area contributed by atoms with E-state index in [1.165, 1.54) is 12.1 Å². The molecule has 1 unspecified atom stereocenters. The third-order valence-electron chi connectivity index (χ3n) is 2.53. The van der Waals surface area contributed by atoms with E-state index in [1.54, 1.807) is 12.1 Å². The van der Waals surface area contributed by atoms with Crippen LogP contribution in [0.4, 0.5) is 0 Å². The maximum absolute atomic E-state index is 12.0. The highest BCUT2D eigenvalue weighted by atomic mass is 32.2. The molecular formula is C13H18N2O3S. The Kier molecular flexibility index (Phi) is 5.96. The molecule has 1 rings (SSSR count). The average Bonchev–Trinajstić information content (AvgIpc) is 2.38. The molecule has 6 heteroatoms. The van der Waals surface area contributed by atoms with Gasteiger partial charge in [0.2, 0.25) is 10.0 Å². The number of nitriles is 1. The summed E-state index contributed by atoms with van der Waals surface area (Å²) < 4.78 is 31.7. The zero-order valence-corrected chi connectivity index (χ0v) is 11.9. The van der Waals surface area contributed by atoms with Crippen molar-refractivity contribution in [2.24, 2.45) is 0 Å². The molecule has 19 heavy (non-hydrogen) atoms. The number of hydrogen-bond acceptors (Lipinski definition) is 4. The van der Waals surface area contributed by atoms with Crippen molar-refractivity contribution in [3.05, 3.63) is 29.8 Å². The molecule has 1 aromatic rings. The van der Waals surface area contributed by atoms with Crippen LogP contribution in [0.15, 0.2) is 29.2 Å². The van der Waals surface area contributed by atoms with E-state index in [2.05, 4.69) is 4.72 Å². The Labute approximate surface area is 114 Å². The predicted octanol–water partition coefficient (Wildman–Crippen LogP) is 1.46. The van der Waals surface area contributed by atoms with Crippen molar-refractivity contribution in [2.75, 3.05) is 13.2 Å². The number of rotatable bonds is 7. The normalized spacial score (nSPS) is 12.9. The van der Waals surface area contributed by atoms with Crippen LogP contribution in [-0.2, 0) is 21.2 Å². The van der Waals surface area contributed by atoms with Crippen molar-refractivity contribution in [3.63, 3.8) is 0 Å². The zero-order valence-electron chi connectivity index (χ0n) is 11.1. The molecule has 104 valence electrons. The third-order valence-corrected chi connectivity index (χ3v) is 3.97. The summed E-state index contributed by atoms with van der Waals surface area (Å²) in [5, 5.41) is 8.55. The van der Waals surface area contributed by atoms with Gasteiger partial charge in [-0.15, -0.1) is 0 Å². The average molecular weight is 282 g/mol. The quantitative estimate of drug-likeness (QED) is 0.821. The summed E-state index contributed by atoms with van der Waals surface area (Å²) in [4.78, 5) is 0.192. The van der Waals surface area contributed by atoms with Gasteiger partial charge in [0.1, 0.15) is 0 Å². The fraction of sp³-hybridized carbons (Fsp3) is 0.462. The van der Waals surface area contributed by atoms with Gasteiger partial charge < -0.3 is 4.74 Å². The Morgan fingerprint density at radius 3 is 2.53 bits per heavy atom.